The number of hydrogen-bond acceptors (Lipinski definition) is 4. The van der Waals surface area contributed by atoms with Gasteiger partial charge in [-0.2, -0.15) is 0 Å². The van der Waals surface area contributed by atoms with Gasteiger partial charge in [-0.1, -0.05) is 18.5 Å². The predicted octanol–water partition coefficient (Wildman–Crippen LogP) is 0.573. The van der Waals surface area contributed by atoms with Crippen LogP contribution in [0, 0.1) is 0 Å². The zero-order chi connectivity index (χ0) is 10.2. The number of hydrogen-bond donors (Lipinski definition) is 1. The van der Waals surface area contributed by atoms with E-state index in [0.29, 0.717) is 0 Å². The van der Waals surface area contributed by atoms with Gasteiger partial charge in [0.05, 0.1) is 5.75 Å². The number of nitrogens with zero attached hydrogens (tertiary/aromatic N) is 2. The Labute approximate surface area is 80.9 Å². The van der Waals surface area contributed by atoms with Crippen LogP contribution in [0.2, 0.25) is 5.02 Å². The highest BCUT2D eigenvalue weighted by Gasteiger charge is 2.24. The van der Waals surface area contributed by atoms with Crippen LogP contribution in [0.1, 0.15) is 6.92 Å². The molecule has 1 rings (SSSR count). The molecule has 0 unspecified atom stereocenters. The molecule has 13 heavy (non-hydrogen) atoms. The molecule has 0 spiro atoms. The number of aromatic hydroxyl groups is 1. The van der Waals surface area contributed by atoms with E-state index in [1.807, 2.05) is 0 Å². The van der Waals surface area contributed by atoms with Crippen LogP contribution >= 0.6 is 11.6 Å². The summed E-state index contributed by atoms with van der Waals surface area (Å²) in [7, 11) is -2.02. The summed E-state index contributed by atoms with van der Waals surface area (Å²) < 4.78 is 23.9. The molecule has 7 heteroatoms. The van der Waals surface area contributed by atoms with Gasteiger partial charge in [-0.3, -0.25) is 4.68 Å². The number of sulfone groups is 1. The van der Waals surface area contributed by atoms with Crippen LogP contribution in [0.5, 0.6) is 5.88 Å². The number of aromatic nitrogens is 2. The zero-order valence-corrected chi connectivity index (χ0v) is 8.72. The monoisotopic (exact) mass is 224 g/mol. The van der Waals surface area contributed by atoms with Gasteiger partial charge in [0, 0.05) is 7.05 Å². The Morgan fingerprint density at radius 1 is 1.62 bits per heavy atom. The molecule has 0 saturated heterocycles. The summed E-state index contributed by atoms with van der Waals surface area (Å²) in [4.78, 5) is 0. The van der Waals surface area contributed by atoms with E-state index in [1.165, 1.54) is 14.0 Å². The van der Waals surface area contributed by atoms with Crippen LogP contribution in [0.4, 0.5) is 0 Å². The average molecular weight is 225 g/mol. The molecule has 0 aliphatic rings. The maximum atomic E-state index is 11.4. The van der Waals surface area contributed by atoms with E-state index in [1.54, 1.807) is 0 Å². The van der Waals surface area contributed by atoms with E-state index in [9.17, 15) is 8.42 Å². The molecule has 0 bridgehead atoms. The average Bonchev–Trinajstić information content (AvgIpc) is 2.27. The molecule has 1 aromatic rings. The Morgan fingerprint density at radius 3 is 2.46 bits per heavy atom. The first-order valence-corrected chi connectivity index (χ1v) is 5.57. The van der Waals surface area contributed by atoms with Gasteiger partial charge in [0.1, 0.15) is 5.02 Å². The van der Waals surface area contributed by atoms with Crippen molar-refractivity contribution in [3.05, 3.63) is 5.02 Å². The first-order valence-electron chi connectivity index (χ1n) is 3.54. The first kappa shape index (κ1) is 10.3. The summed E-state index contributed by atoms with van der Waals surface area (Å²) in [6, 6.07) is 0. The maximum absolute atomic E-state index is 11.4. The Balaban J connectivity index is 3.47. The normalized spacial score (nSPS) is 11.9. The molecule has 0 aliphatic carbocycles. The number of rotatable bonds is 2. The Kier molecular flexibility index (Phi) is 2.53. The predicted molar refractivity (Wildman–Crippen MR) is 47.6 cm³/mol. The van der Waals surface area contributed by atoms with Gasteiger partial charge < -0.3 is 5.11 Å². The molecular weight excluding hydrogens is 216 g/mol. The fourth-order valence-corrected chi connectivity index (χ4v) is 2.54. The van der Waals surface area contributed by atoms with E-state index < -0.39 is 15.7 Å². The molecule has 0 amide bonds. The van der Waals surface area contributed by atoms with E-state index in [4.69, 9.17) is 16.7 Å². The van der Waals surface area contributed by atoms with Crippen LogP contribution in [0.25, 0.3) is 0 Å². The third-order valence-corrected chi connectivity index (χ3v) is 3.88. The van der Waals surface area contributed by atoms with Gasteiger partial charge in [-0.15, -0.1) is 5.10 Å². The van der Waals surface area contributed by atoms with Crippen LogP contribution in [0.15, 0.2) is 5.03 Å². The van der Waals surface area contributed by atoms with Crippen LogP contribution in [0.3, 0.4) is 0 Å². The Bertz CT molecular complexity index is 423. The van der Waals surface area contributed by atoms with E-state index in [0.717, 1.165) is 4.68 Å². The Morgan fingerprint density at radius 2 is 2.15 bits per heavy atom. The molecule has 74 valence electrons. The lowest BCUT2D eigenvalue weighted by Crippen LogP contribution is -2.10. The van der Waals surface area contributed by atoms with Gasteiger partial charge in [0.2, 0.25) is 0 Å². The molecule has 0 atom stereocenters. The second-order valence-corrected chi connectivity index (χ2v) is 5.04. The van der Waals surface area contributed by atoms with Crippen molar-refractivity contribution >= 4 is 21.4 Å². The molecule has 1 aromatic heterocycles. The lowest BCUT2D eigenvalue weighted by atomic mass is 10.7. The molecule has 0 fully saturated rings. The Hall–Kier alpha value is -0.750. The lowest BCUT2D eigenvalue weighted by Gasteiger charge is -2.00. The highest BCUT2D eigenvalue weighted by Crippen LogP contribution is 2.29. The fourth-order valence-electron chi connectivity index (χ4n) is 0.944. The van der Waals surface area contributed by atoms with Gasteiger partial charge in [0.15, 0.2) is 14.9 Å². The van der Waals surface area contributed by atoms with Gasteiger partial charge >= 0.3 is 0 Å². The van der Waals surface area contributed by atoms with Crippen molar-refractivity contribution in [2.75, 3.05) is 5.75 Å². The van der Waals surface area contributed by atoms with Crippen molar-refractivity contribution in [2.45, 2.75) is 11.9 Å². The fraction of sp³-hybridized carbons (Fsp3) is 0.500. The summed E-state index contributed by atoms with van der Waals surface area (Å²) in [5.74, 6) is -0.540. The van der Waals surface area contributed by atoms with E-state index in [2.05, 4.69) is 5.10 Å². The number of halogens is 1. The third-order valence-electron chi connectivity index (χ3n) is 1.60. The molecule has 0 aliphatic heterocycles. The van der Waals surface area contributed by atoms with Gasteiger partial charge in [-0.05, 0) is 0 Å². The highest BCUT2D eigenvalue weighted by molar-refractivity contribution is 7.91. The molecule has 0 saturated carbocycles. The summed E-state index contributed by atoms with van der Waals surface area (Å²) in [5.41, 5.74) is 0. The number of aryl methyl sites for hydroxylation is 1. The maximum Gasteiger partial charge on any atom is 0.250 e. The molecule has 0 radical (unpaired) electrons. The molecular formula is C6H9ClN2O3S. The van der Waals surface area contributed by atoms with Crippen molar-refractivity contribution in [1.82, 2.24) is 9.78 Å². The van der Waals surface area contributed by atoms with Crippen molar-refractivity contribution in [3.8, 4) is 5.88 Å². The molecule has 5 nitrogen and oxygen atoms in total. The standard InChI is InChI=1S/C6H9ClN2O3S/c1-3-13(11,12)6-4(7)5(10)8-9(6)2/h3H2,1-2H3,(H,8,10). The highest BCUT2D eigenvalue weighted by atomic mass is 35.5. The summed E-state index contributed by atoms with van der Waals surface area (Å²) in [6.45, 7) is 1.50. The van der Waals surface area contributed by atoms with E-state index >= 15 is 0 Å². The largest absolute Gasteiger partial charge is 0.491 e. The van der Waals surface area contributed by atoms with Crippen molar-refractivity contribution < 1.29 is 13.5 Å². The van der Waals surface area contributed by atoms with E-state index in [-0.39, 0.29) is 15.8 Å². The second-order valence-electron chi connectivity index (χ2n) is 2.47. The van der Waals surface area contributed by atoms with Crippen LogP contribution in [-0.4, -0.2) is 29.1 Å². The van der Waals surface area contributed by atoms with Crippen molar-refractivity contribution in [2.24, 2.45) is 7.05 Å². The van der Waals surface area contributed by atoms with Crippen molar-refractivity contribution in [3.63, 3.8) is 0 Å². The second kappa shape index (κ2) is 3.19. The molecule has 1 N–H and O–H groups in total. The smallest absolute Gasteiger partial charge is 0.250 e. The van der Waals surface area contributed by atoms with Crippen molar-refractivity contribution in [1.29, 1.82) is 0 Å². The van der Waals surface area contributed by atoms with Gasteiger partial charge in [-0.25, -0.2) is 8.42 Å². The quantitative estimate of drug-likeness (QED) is 0.798. The van der Waals surface area contributed by atoms with Gasteiger partial charge in [0.25, 0.3) is 5.88 Å². The van der Waals surface area contributed by atoms with Crippen LogP contribution in [-0.2, 0) is 16.9 Å². The first-order chi connectivity index (χ1) is 5.90. The zero-order valence-electron chi connectivity index (χ0n) is 7.15. The summed E-state index contributed by atoms with van der Waals surface area (Å²) in [5, 5.41) is 12.2. The molecule has 0 aromatic carbocycles. The van der Waals surface area contributed by atoms with Crippen LogP contribution < -0.4 is 0 Å². The minimum Gasteiger partial charge on any atom is -0.491 e. The molecule has 1 heterocycles. The summed E-state index contributed by atoms with van der Waals surface area (Å²) in [6.07, 6.45) is 0. The topological polar surface area (TPSA) is 72.2 Å². The lowest BCUT2D eigenvalue weighted by molar-refractivity contribution is 0.443. The minimum atomic E-state index is -3.43. The minimum absolute atomic E-state index is 0.0777. The summed E-state index contributed by atoms with van der Waals surface area (Å²) >= 11 is 5.56. The third kappa shape index (κ3) is 1.64. The SMILES string of the molecule is CCS(=O)(=O)c1c(Cl)c(O)nn1C.